The third kappa shape index (κ3) is 7.03. The van der Waals surface area contributed by atoms with Gasteiger partial charge in [-0.2, -0.15) is 4.68 Å². The minimum Gasteiger partial charge on any atom is -0.453 e. The zero-order valence-corrected chi connectivity index (χ0v) is 23.3. The number of nitrogens with one attached hydrogen (secondary N) is 4. The highest BCUT2D eigenvalue weighted by Crippen LogP contribution is 2.32. The number of carbonyl (C=O) groups is 3. The Labute approximate surface area is 248 Å². The number of halogens is 1. The number of benzene rings is 2. The van der Waals surface area contributed by atoms with Gasteiger partial charge in [0.05, 0.1) is 55.0 Å². The van der Waals surface area contributed by atoms with Crippen LogP contribution in [0.2, 0.25) is 5.02 Å². The van der Waals surface area contributed by atoms with Crippen molar-refractivity contribution in [1.29, 1.82) is 0 Å². The first-order valence-electron chi connectivity index (χ1n) is 12.9. The number of H-pyrrole nitrogens is 1. The molecular formula is C27H26ClN9O6. The van der Waals surface area contributed by atoms with E-state index in [1.54, 1.807) is 30.3 Å². The van der Waals surface area contributed by atoms with E-state index in [2.05, 4.69) is 46.2 Å². The molecule has 4 aromatic rings. The van der Waals surface area contributed by atoms with Crippen molar-refractivity contribution >= 4 is 47.0 Å². The minimum absolute atomic E-state index is 0.150. The second kappa shape index (κ2) is 12.8. The molecule has 3 unspecified atom stereocenters. The van der Waals surface area contributed by atoms with Crippen molar-refractivity contribution in [3.05, 3.63) is 71.4 Å². The molecule has 15 nitrogen and oxygen atoms in total. The summed E-state index contributed by atoms with van der Waals surface area (Å²) in [7, 11) is 1.22. The van der Waals surface area contributed by atoms with Gasteiger partial charge in [-0.15, -0.1) is 5.10 Å². The molecule has 0 aliphatic carbocycles. The number of methoxy groups -OCH3 is 1. The van der Waals surface area contributed by atoms with Gasteiger partial charge in [-0.05, 0) is 52.9 Å². The summed E-state index contributed by atoms with van der Waals surface area (Å²) in [6, 6.07) is 8.91. The third-order valence-electron chi connectivity index (χ3n) is 6.57. The van der Waals surface area contributed by atoms with Crippen LogP contribution in [-0.2, 0) is 14.3 Å². The van der Waals surface area contributed by atoms with Crippen LogP contribution in [0.25, 0.3) is 23.0 Å². The van der Waals surface area contributed by atoms with Gasteiger partial charge in [0.15, 0.2) is 0 Å². The maximum absolute atomic E-state index is 13.1. The van der Waals surface area contributed by atoms with E-state index < -0.39 is 42.6 Å². The van der Waals surface area contributed by atoms with E-state index in [-0.39, 0.29) is 6.42 Å². The number of ether oxygens (including phenoxy) is 1. The van der Waals surface area contributed by atoms with E-state index in [0.29, 0.717) is 44.7 Å². The molecule has 5 rings (SSSR count). The van der Waals surface area contributed by atoms with Crippen LogP contribution in [0.5, 0.6) is 0 Å². The lowest BCUT2D eigenvalue weighted by Crippen LogP contribution is -2.36. The number of imidazole rings is 1. The number of hydrogen-bond donors (Lipinski definition) is 6. The summed E-state index contributed by atoms with van der Waals surface area (Å²) in [5.41, 5.74) is 2.82. The van der Waals surface area contributed by atoms with Crippen LogP contribution >= 0.6 is 11.6 Å². The van der Waals surface area contributed by atoms with Crippen LogP contribution in [0.1, 0.15) is 30.3 Å². The lowest BCUT2D eigenvalue weighted by molar-refractivity contribution is -0.121. The van der Waals surface area contributed by atoms with Crippen molar-refractivity contribution < 1.29 is 29.3 Å². The Morgan fingerprint density at radius 2 is 2.02 bits per heavy atom. The maximum atomic E-state index is 13.1. The van der Waals surface area contributed by atoms with E-state index in [1.165, 1.54) is 42.5 Å². The molecule has 1 aliphatic heterocycles. The topological polar surface area (TPSA) is 209 Å². The number of fused-ring (bicyclic) bond motifs is 4. The van der Waals surface area contributed by atoms with Crippen LogP contribution < -0.4 is 16.0 Å². The van der Waals surface area contributed by atoms with E-state index in [4.69, 9.17) is 11.6 Å². The molecule has 0 saturated heterocycles. The fourth-order valence-corrected chi connectivity index (χ4v) is 4.65. The zero-order chi connectivity index (χ0) is 30.5. The third-order valence-corrected chi connectivity index (χ3v) is 6.81. The summed E-state index contributed by atoms with van der Waals surface area (Å²) in [6.45, 7) is 0. The van der Waals surface area contributed by atoms with Crippen molar-refractivity contribution in [3.8, 4) is 16.9 Å². The van der Waals surface area contributed by atoms with Gasteiger partial charge in [-0.3, -0.25) is 14.9 Å². The summed E-state index contributed by atoms with van der Waals surface area (Å²) in [6.07, 6.45) is 1.61. The molecule has 1 aliphatic rings. The predicted molar refractivity (Wildman–Crippen MR) is 154 cm³/mol. The van der Waals surface area contributed by atoms with Gasteiger partial charge in [0, 0.05) is 34.3 Å². The van der Waals surface area contributed by atoms with E-state index >= 15 is 0 Å². The second-order valence-corrected chi connectivity index (χ2v) is 9.97. The molecule has 0 radical (unpaired) electrons. The molecule has 3 atom stereocenters. The Balaban J connectivity index is 1.43. The highest BCUT2D eigenvalue weighted by Gasteiger charge is 2.28. The van der Waals surface area contributed by atoms with Crippen LogP contribution in [0.15, 0.2) is 55.0 Å². The molecule has 222 valence electrons. The van der Waals surface area contributed by atoms with Gasteiger partial charge in [-0.25, -0.2) is 9.78 Å². The fraction of sp³-hybridized carbons (Fsp3) is 0.222. The molecule has 0 fully saturated rings. The normalized spacial score (nSPS) is 18.6. The monoisotopic (exact) mass is 607 g/mol. The number of hydrogen-bond acceptors (Lipinski definition) is 10. The number of nitrogens with zero attached hydrogens (tertiary/aromatic N) is 5. The largest absolute Gasteiger partial charge is 0.453 e. The first-order valence-corrected chi connectivity index (χ1v) is 13.3. The smallest absolute Gasteiger partial charge is 0.411 e. The van der Waals surface area contributed by atoms with Gasteiger partial charge in [0.2, 0.25) is 11.8 Å². The van der Waals surface area contributed by atoms with Gasteiger partial charge in [0.25, 0.3) is 0 Å². The second-order valence-electron chi connectivity index (χ2n) is 9.53. The van der Waals surface area contributed by atoms with Gasteiger partial charge >= 0.3 is 6.09 Å². The zero-order valence-electron chi connectivity index (χ0n) is 22.6. The van der Waals surface area contributed by atoms with Gasteiger partial charge in [-0.1, -0.05) is 11.6 Å². The number of anilines is 2. The first kappa shape index (κ1) is 29.4. The summed E-state index contributed by atoms with van der Waals surface area (Å²) in [5, 5.41) is 40.9. The summed E-state index contributed by atoms with van der Waals surface area (Å²) < 4.78 is 6.05. The number of tetrazole rings is 1. The molecule has 6 N–H and O–H groups in total. The fourth-order valence-electron chi connectivity index (χ4n) is 4.47. The number of aliphatic hydroxyl groups excluding tert-OH is 2. The van der Waals surface area contributed by atoms with E-state index in [0.717, 1.165) is 0 Å². The van der Waals surface area contributed by atoms with Crippen LogP contribution in [-0.4, -0.2) is 77.6 Å². The Morgan fingerprint density at radius 3 is 2.79 bits per heavy atom. The molecule has 0 spiro atoms. The van der Waals surface area contributed by atoms with Crippen LogP contribution in [0.3, 0.4) is 0 Å². The first-order chi connectivity index (χ1) is 20.7. The van der Waals surface area contributed by atoms with Crippen LogP contribution in [0, 0.1) is 0 Å². The molecule has 3 heterocycles. The van der Waals surface area contributed by atoms with Gasteiger partial charge < -0.3 is 30.6 Å². The maximum Gasteiger partial charge on any atom is 0.411 e. The molecule has 2 aromatic carbocycles. The average Bonchev–Trinajstić information content (AvgIpc) is 3.68. The molecule has 2 bridgehead atoms. The van der Waals surface area contributed by atoms with E-state index in [1.807, 2.05) is 0 Å². The number of rotatable bonds is 5. The molecule has 2 aromatic heterocycles. The summed E-state index contributed by atoms with van der Waals surface area (Å²) in [4.78, 5) is 45.1. The van der Waals surface area contributed by atoms with Crippen molar-refractivity contribution in [3.63, 3.8) is 0 Å². The van der Waals surface area contributed by atoms with Crippen molar-refractivity contribution in [2.45, 2.75) is 31.1 Å². The van der Waals surface area contributed by atoms with Crippen LogP contribution in [0.4, 0.5) is 16.2 Å². The highest BCUT2D eigenvalue weighted by atomic mass is 35.5. The lowest BCUT2D eigenvalue weighted by atomic mass is 10.0. The molecule has 3 amide bonds. The number of aromatic nitrogens is 6. The van der Waals surface area contributed by atoms with Crippen molar-refractivity contribution in [1.82, 2.24) is 35.5 Å². The van der Waals surface area contributed by atoms with Crippen molar-refractivity contribution in [2.75, 3.05) is 17.7 Å². The molecule has 16 heteroatoms. The van der Waals surface area contributed by atoms with Gasteiger partial charge in [0.1, 0.15) is 12.2 Å². The number of amides is 3. The Kier molecular flexibility index (Phi) is 8.75. The Bertz CT molecular complexity index is 1670. The Hall–Kier alpha value is -5.12. The molecular weight excluding hydrogens is 582 g/mol. The highest BCUT2D eigenvalue weighted by molar-refractivity contribution is 6.30. The van der Waals surface area contributed by atoms with Crippen molar-refractivity contribution in [2.24, 2.45) is 0 Å². The SMILES string of the molecule is COC(=O)Nc1ccc2c(c1)NC(=O)CC(O)C(O)CC(NC(=O)C=Cc1cc(Cl)ccc1-n1cnnn1)c1ncc-2[nH]1. The quantitative estimate of drug-likeness (QED) is 0.182. The summed E-state index contributed by atoms with van der Waals surface area (Å²) >= 11 is 6.16. The number of aromatic amines is 1. The predicted octanol–water partition coefficient (Wildman–Crippen LogP) is 2.21. The standard InChI is InChI=1S/C27H26ClN9O6/c1-43-27(42)31-16-4-5-17-18(9-16)32-25(41)11-23(39)22(38)10-19(26-29-12-20(17)34-26)33-24(40)7-2-14-8-15(28)3-6-21(14)37-13-30-35-36-37/h2-9,12-13,19,22-23,38-39H,10-11H2,1H3,(H,29,34)(H,31,42)(H,32,41)(H,33,40). The minimum atomic E-state index is -1.45. The number of aliphatic hydroxyl groups is 2. The molecule has 0 saturated carbocycles. The average molecular weight is 608 g/mol. The molecule has 43 heavy (non-hydrogen) atoms. The summed E-state index contributed by atoms with van der Waals surface area (Å²) in [5.74, 6) is -0.808. The lowest BCUT2D eigenvalue weighted by Gasteiger charge is -2.24. The Morgan fingerprint density at radius 1 is 1.19 bits per heavy atom. The number of carbonyl (C=O) groups excluding carboxylic acids is 3. The van der Waals surface area contributed by atoms with E-state index in [9.17, 15) is 24.6 Å².